The molecule has 2 rings (SSSR count). The second-order valence-electron chi connectivity index (χ2n) is 6.04. The van der Waals surface area contributed by atoms with Gasteiger partial charge in [0.15, 0.2) is 6.61 Å². The van der Waals surface area contributed by atoms with Crippen LogP contribution in [0.25, 0.3) is 10.8 Å². The first kappa shape index (κ1) is 17.8. The van der Waals surface area contributed by atoms with Crippen LogP contribution in [0, 0.1) is 5.92 Å². The highest BCUT2D eigenvalue weighted by atomic mass is 16.5. The normalized spacial score (nSPS) is 12.0. The Morgan fingerprint density at radius 1 is 1.08 bits per heavy atom. The highest BCUT2D eigenvalue weighted by Crippen LogP contribution is 2.24. The summed E-state index contributed by atoms with van der Waals surface area (Å²) >= 11 is 0. The van der Waals surface area contributed by atoms with Crippen LogP contribution < -0.4 is 10.1 Å². The van der Waals surface area contributed by atoms with Crippen LogP contribution in [0.4, 0.5) is 0 Å². The summed E-state index contributed by atoms with van der Waals surface area (Å²) in [6.45, 7) is 3.81. The molecule has 1 amide bonds. The summed E-state index contributed by atoms with van der Waals surface area (Å²) in [4.78, 5) is 23.9. The maximum absolute atomic E-state index is 12.1. The van der Waals surface area contributed by atoms with Gasteiger partial charge in [0.1, 0.15) is 11.8 Å². The Morgan fingerprint density at radius 3 is 2.50 bits per heavy atom. The van der Waals surface area contributed by atoms with E-state index in [1.54, 1.807) is 0 Å². The summed E-state index contributed by atoms with van der Waals surface area (Å²) in [5.74, 6) is 0.108. The first-order chi connectivity index (χ1) is 11.5. The van der Waals surface area contributed by atoms with Gasteiger partial charge >= 0.3 is 5.97 Å². The largest absolute Gasteiger partial charge is 0.483 e. The van der Waals surface area contributed by atoms with E-state index in [1.165, 1.54) is 7.11 Å². The number of hydrogen-bond donors (Lipinski definition) is 1. The van der Waals surface area contributed by atoms with Crippen molar-refractivity contribution in [3.63, 3.8) is 0 Å². The van der Waals surface area contributed by atoms with E-state index < -0.39 is 12.0 Å². The topological polar surface area (TPSA) is 64.6 Å². The van der Waals surface area contributed by atoms with Gasteiger partial charge in [-0.15, -0.1) is 0 Å². The van der Waals surface area contributed by atoms with E-state index in [9.17, 15) is 9.59 Å². The van der Waals surface area contributed by atoms with Crippen molar-refractivity contribution >= 4 is 22.6 Å². The van der Waals surface area contributed by atoms with E-state index in [-0.39, 0.29) is 18.4 Å². The predicted molar refractivity (Wildman–Crippen MR) is 92.8 cm³/mol. The van der Waals surface area contributed by atoms with Crippen molar-refractivity contribution in [1.29, 1.82) is 0 Å². The minimum absolute atomic E-state index is 0.153. The number of amides is 1. The molecule has 0 aliphatic heterocycles. The first-order valence-electron chi connectivity index (χ1n) is 7.99. The van der Waals surface area contributed by atoms with Crippen molar-refractivity contribution < 1.29 is 19.1 Å². The molecule has 0 unspecified atom stereocenters. The van der Waals surface area contributed by atoms with Crippen molar-refractivity contribution in [2.45, 2.75) is 26.3 Å². The van der Waals surface area contributed by atoms with Gasteiger partial charge in [-0.3, -0.25) is 4.79 Å². The fourth-order valence-electron chi connectivity index (χ4n) is 2.53. The monoisotopic (exact) mass is 329 g/mol. The fraction of sp³-hybridized carbons (Fsp3) is 0.368. The molecule has 0 bridgehead atoms. The van der Waals surface area contributed by atoms with Crippen LogP contribution in [0.1, 0.15) is 20.3 Å². The van der Waals surface area contributed by atoms with Gasteiger partial charge in [-0.2, -0.15) is 0 Å². The number of nitrogens with one attached hydrogen (secondary N) is 1. The molecule has 1 N–H and O–H groups in total. The summed E-state index contributed by atoms with van der Waals surface area (Å²) in [6.07, 6.45) is 0.521. The molecule has 0 heterocycles. The maximum Gasteiger partial charge on any atom is 0.328 e. The zero-order valence-corrected chi connectivity index (χ0v) is 14.2. The van der Waals surface area contributed by atoms with E-state index in [1.807, 2.05) is 56.3 Å². The van der Waals surface area contributed by atoms with E-state index in [4.69, 9.17) is 9.47 Å². The molecular weight excluding hydrogens is 306 g/mol. The number of methoxy groups -OCH3 is 1. The Labute approximate surface area is 141 Å². The van der Waals surface area contributed by atoms with Gasteiger partial charge in [-0.05, 0) is 23.8 Å². The van der Waals surface area contributed by atoms with Gasteiger partial charge in [0.05, 0.1) is 7.11 Å². The van der Waals surface area contributed by atoms with Gasteiger partial charge in [0.25, 0.3) is 5.91 Å². The lowest BCUT2D eigenvalue weighted by atomic mass is 10.0. The lowest BCUT2D eigenvalue weighted by Crippen LogP contribution is -2.44. The smallest absolute Gasteiger partial charge is 0.328 e. The van der Waals surface area contributed by atoms with Crippen LogP contribution >= 0.6 is 0 Å². The molecule has 0 aromatic heterocycles. The Kier molecular flexibility index (Phi) is 6.18. The number of carbonyl (C=O) groups excluding carboxylic acids is 2. The fourth-order valence-corrected chi connectivity index (χ4v) is 2.53. The van der Waals surface area contributed by atoms with Gasteiger partial charge < -0.3 is 14.8 Å². The first-order valence-corrected chi connectivity index (χ1v) is 7.99. The summed E-state index contributed by atoms with van der Waals surface area (Å²) in [5, 5.41) is 4.67. The molecule has 2 aromatic rings. The molecule has 0 spiro atoms. The van der Waals surface area contributed by atoms with E-state index in [0.717, 1.165) is 10.8 Å². The molecule has 1 atom stereocenters. The number of ether oxygens (including phenoxy) is 2. The Bertz CT molecular complexity index is 706. The minimum Gasteiger partial charge on any atom is -0.483 e. The Balaban J connectivity index is 2.00. The van der Waals surface area contributed by atoms with Crippen molar-refractivity contribution in [3.05, 3.63) is 42.5 Å². The van der Waals surface area contributed by atoms with Crippen molar-refractivity contribution in [3.8, 4) is 5.75 Å². The molecule has 0 aliphatic carbocycles. The van der Waals surface area contributed by atoms with Gasteiger partial charge in [0.2, 0.25) is 0 Å². The Morgan fingerprint density at radius 2 is 1.79 bits per heavy atom. The van der Waals surface area contributed by atoms with Crippen LogP contribution in [-0.4, -0.2) is 31.6 Å². The molecule has 128 valence electrons. The quantitative estimate of drug-likeness (QED) is 0.793. The third kappa shape index (κ3) is 4.72. The SMILES string of the molecule is COC(=O)[C@@H](CC(C)C)NC(=O)COc1cccc2ccccc12. The predicted octanol–water partition coefficient (Wildman–Crippen LogP) is 2.92. The molecule has 24 heavy (non-hydrogen) atoms. The van der Waals surface area contributed by atoms with Gasteiger partial charge in [0, 0.05) is 5.39 Å². The van der Waals surface area contributed by atoms with Crippen LogP contribution in [0.15, 0.2) is 42.5 Å². The molecule has 5 heteroatoms. The third-order valence-corrected chi connectivity index (χ3v) is 3.64. The van der Waals surface area contributed by atoms with Crippen LogP contribution in [0.5, 0.6) is 5.75 Å². The minimum atomic E-state index is -0.654. The summed E-state index contributed by atoms with van der Waals surface area (Å²) < 4.78 is 10.4. The van der Waals surface area contributed by atoms with Crippen LogP contribution in [0.3, 0.4) is 0 Å². The number of fused-ring (bicyclic) bond motifs is 1. The zero-order chi connectivity index (χ0) is 17.5. The van der Waals surface area contributed by atoms with E-state index in [2.05, 4.69) is 5.32 Å². The Hall–Kier alpha value is -2.56. The van der Waals surface area contributed by atoms with Gasteiger partial charge in [-0.25, -0.2) is 4.79 Å². The number of carbonyl (C=O) groups is 2. The van der Waals surface area contributed by atoms with E-state index >= 15 is 0 Å². The summed E-state index contributed by atoms with van der Waals surface area (Å²) in [5.41, 5.74) is 0. The standard InChI is InChI=1S/C19H23NO4/c1-13(2)11-16(19(22)23-3)20-18(21)12-24-17-10-6-8-14-7-4-5-9-15(14)17/h4-10,13,16H,11-12H2,1-3H3,(H,20,21)/t16-/m1/s1. The number of esters is 1. The number of hydrogen-bond acceptors (Lipinski definition) is 4. The number of benzene rings is 2. The second kappa shape index (κ2) is 8.34. The maximum atomic E-state index is 12.1. The molecule has 0 saturated heterocycles. The lowest BCUT2D eigenvalue weighted by molar-refractivity contribution is -0.145. The van der Waals surface area contributed by atoms with E-state index in [0.29, 0.717) is 12.2 Å². The van der Waals surface area contributed by atoms with Crippen molar-refractivity contribution in [1.82, 2.24) is 5.32 Å². The molecule has 0 fully saturated rings. The molecule has 0 aliphatic rings. The third-order valence-electron chi connectivity index (χ3n) is 3.64. The highest BCUT2D eigenvalue weighted by molar-refractivity contribution is 5.89. The average molecular weight is 329 g/mol. The molecule has 2 aromatic carbocycles. The zero-order valence-electron chi connectivity index (χ0n) is 14.2. The van der Waals surface area contributed by atoms with Crippen molar-refractivity contribution in [2.75, 3.05) is 13.7 Å². The van der Waals surface area contributed by atoms with Gasteiger partial charge in [-0.1, -0.05) is 50.2 Å². The molecular formula is C19H23NO4. The lowest BCUT2D eigenvalue weighted by Gasteiger charge is -2.18. The summed E-state index contributed by atoms with van der Waals surface area (Å²) in [6, 6.07) is 12.8. The summed E-state index contributed by atoms with van der Waals surface area (Å²) in [7, 11) is 1.31. The second-order valence-corrected chi connectivity index (χ2v) is 6.04. The average Bonchev–Trinajstić information content (AvgIpc) is 2.58. The van der Waals surface area contributed by atoms with Crippen molar-refractivity contribution in [2.24, 2.45) is 5.92 Å². The number of rotatable bonds is 7. The molecule has 0 saturated carbocycles. The highest BCUT2D eigenvalue weighted by Gasteiger charge is 2.22. The molecule has 5 nitrogen and oxygen atoms in total. The van der Waals surface area contributed by atoms with Crippen LogP contribution in [0.2, 0.25) is 0 Å². The molecule has 0 radical (unpaired) electrons. The van der Waals surface area contributed by atoms with Crippen LogP contribution in [-0.2, 0) is 14.3 Å².